The molecule has 0 saturated carbocycles. The van der Waals surface area contributed by atoms with E-state index in [1.54, 1.807) is 43.3 Å². The minimum Gasteiger partial charge on any atom is -0.444 e. The molecule has 0 radical (unpaired) electrons. The van der Waals surface area contributed by atoms with Crippen LogP contribution in [-0.2, 0) is 23.7 Å². The number of rotatable bonds is 7. The lowest BCUT2D eigenvalue weighted by Gasteiger charge is -2.41. The summed E-state index contributed by atoms with van der Waals surface area (Å²) in [5.41, 5.74) is -1.41. The van der Waals surface area contributed by atoms with Crippen LogP contribution in [0.3, 0.4) is 0 Å². The van der Waals surface area contributed by atoms with E-state index in [0.29, 0.717) is 22.5 Å². The molecule has 7 nitrogen and oxygen atoms in total. The number of hydrogen-bond donors (Lipinski definition) is 1. The van der Waals surface area contributed by atoms with Gasteiger partial charge in [0.2, 0.25) is 0 Å². The quantitative estimate of drug-likeness (QED) is 0.192. The van der Waals surface area contributed by atoms with Crippen LogP contribution >= 0.6 is 15.9 Å². The van der Waals surface area contributed by atoms with Gasteiger partial charge in [0.25, 0.3) is 0 Å². The number of benzene rings is 3. The molecule has 3 aromatic carbocycles. The van der Waals surface area contributed by atoms with E-state index in [-0.39, 0.29) is 41.2 Å². The molecule has 14 heteroatoms. The van der Waals surface area contributed by atoms with E-state index in [1.165, 1.54) is 29.4 Å². The summed E-state index contributed by atoms with van der Waals surface area (Å²) in [5, 5.41) is 12.7. The standard InChI is InChI=1S/C33H26BrF6N5O2/c1-2-25-14-27(44-29(30-42-16-24(34)17-43-30)21-10-20(15-41)11-23(12-21)33(38,39)40)26-13-22(32(35,36)37)8-9-28(26)45(25)31(46)47-18-19-6-4-3-5-7-19/h3-13,16-17,25,27,29,44H,2,14,18H2,1H3/t25-,27+,29?/m1/s1. The maximum atomic E-state index is 14.0. The Labute approximate surface area is 274 Å². The number of hydrogen-bond acceptors (Lipinski definition) is 6. The van der Waals surface area contributed by atoms with Crippen molar-refractivity contribution in [1.29, 1.82) is 5.26 Å². The number of amides is 1. The van der Waals surface area contributed by atoms with E-state index in [1.807, 2.05) is 0 Å². The molecule has 4 aromatic rings. The molecule has 0 bridgehead atoms. The van der Waals surface area contributed by atoms with Crippen molar-refractivity contribution in [3.05, 3.63) is 123 Å². The summed E-state index contributed by atoms with van der Waals surface area (Å²) in [5.74, 6) is 0.0164. The largest absolute Gasteiger partial charge is 0.444 e. The zero-order valence-electron chi connectivity index (χ0n) is 24.6. The first-order valence-electron chi connectivity index (χ1n) is 14.3. The van der Waals surface area contributed by atoms with Crippen LogP contribution in [0, 0.1) is 11.3 Å². The molecule has 2 heterocycles. The van der Waals surface area contributed by atoms with Gasteiger partial charge in [-0.1, -0.05) is 37.3 Å². The predicted molar refractivity (Wildman–Crippen MR) is 163 cm³/mol. The van der Waals surface area contributed by atoms with E-state index in [2.05, 4.69) is 31.2 Å². The molecule has 0 saturated heterocycles. The Balaban J connectivity index is 1.60. The van der Waals surface area contributed by atoms with Crippen molar-refractivity contribution in [1.82, 2.24) is 15.3 Å². The topological polar surface area (TPSA) is 91.1 Å². The van der Waals surface area contributed by atoms with Gasteiger partial charge >= 0.3 is 18.4 Å². The van der Waals surface area contributed by atoms with E-state index < -0.39 is 47.7 Å². The minimum atomic E-state index is -4.79. The van der Waals surface area contributed by atoms with Crippen LogP contribution in [0.1, 0.15) is 71.1 Å². The van der Waals surface area contributed by atoms with Crippen molar-refractivity contribution in [2.75, 3.05) is 4.90 Å². The fraction of sp³-hybridized carbons (Fsp3) is 0.273. The highest BCUT2D eigenvalue weighted by Crippen LogP contribution is 2.44. The fourth-order valence-electron chi connectivity index (χ4n) is 5.51. The van der Waals surface area contributed by atoms with Crippen LogP contribution in [0.2, 0.25) is 0 Å². The smallest absolute Gasteiger partial charge is 0.416 e. The van der Waals surface area contributed by atoms with E-state index in [0.717, 1.165) is 18.2 Å². The minimum absolute atomic E-state index is 0.0164. The van der Waals surface area contributed by atoms with Gasteiger partial charge in [-0.3, -0.25) is 10.2 Å². The highest BCUT2D eigenvalue weighted by molar-refractivity contribution is 9.10. The first kappa shape index (κ1) is 33.9. The number of fused-ring (bicyclic) bond motifs is 1. The number of alkyl halides is 6. The van der Waals surface area contributed by atoms with Gasteiger partial charge < -0.3 is 4.74 Å². The summed E-state index contributed by atoms with van der Waals surface area (Å²) in [6.07, 6.45) is -7.07. The van der Waals surface area contributed by atoms with Crippen LogP contribution in [0.25, 0.3) is 0 Å². The monoisotopic (exact) mass is 717 g/mol. The number of carbonyl (C=O) groups is 1. The maximum Gasteiger partial charge on any atom is 0.416 e. The van der Waals surface area contributed by atoms with Gasteiger partial charge in [0.15, 0.2) is 0 Å². The van der Waals surface area contributed by atoms with Gasteiger partial charge in [-0.05, 0) is 81.9 Å². The zero-order valence-corrected chi connectivity index (χ0v) is 26.2. The third-order valence-corrected chi connectivity index (χ3v) is 8.16. The summed E-state index contributed by atoms with van der Waals surface area (Å²) < 4.78 is 89.6. The molecule has 0 fully saturated rings. The van der Waals surface area contributed by atoms with Crippen LogP contribution in [0.15, 0.2) is 83.6 Å². The van der Waals surface area contributed by atoms with E-state index in [4.69, 9.17) is 4.74 Å². The first-order chi connectivity index (χ1) is 22.3. The average molecular weight is 718 g/mol. The lowest BCUT2D eigenvalue weighted by Crippen LogP contribution is -2.47. The highest BCUT2D eigenvalue weighted by Gasteiger charge is 2.41. The second kappa shape index (κ2) is 13.7. The highest BCUT2D eigenvalue weighted by atomic mass is 79.9. The molecular weight excluding hydrogens is 692 g/mol. The van der Waals surface area contributed by atoms with Gasteiger partial charge in [-0.25, -0.2) is 14.8 Å². The van der Waals surface area contributed by atoms with Gasteiger partial charge in [0.05, 0.1) is 39.0 Å². The Morgan fingerprint density at radius 2 is 1.70 bits per heavy atom. The van der Waals surface area contributed by atoms with Crippen molar-refractivity contribution >= 4 is 27.7 Å². The third-order valence-electron chi connectivity index (χ3n) is 7.75. The average Bonchev–Trinajstić information content (AvgIpc) is 3.05. The SMILES string of the molecule is CC[C@@H]1C[C@H](NC(c2cc(C#N)cc(C(F)(F)F)c2)c2ncc(Br)cn2)c2cc(C(F)(F)F)ccc2N1C(=O)OCc1ccccc1. The zero-order chi connectivity index (χ0) is 33.9. The van der Waals surface area contributed by atoms with Crippen LogP contribution < -0.4 is 10.2 Å². The molecule has 1 aliphatic heterocycles. The summed E-state index contributed by atoms with van der Waals surface area (Å²) in [6.45, 7) is 1.74. The summed E-state index contributed by atoms with van der Waals surface area (Å²) in [7, 11) is 0. The lowest BCUT2D eigenvalue weighted by atomic mass is 9.87. The number of aromatic nitrogens is 2. The third kappa shape index (κ3) is 7.74. The second-order valence-electron chi connectivity index (χ2n) is 10.8. The number of halogens is 7. The van der Waals surface area contributed by atoms with Crippen molar-refractivity contribution in [3.8, 4) is 6.07 Å². The van der Waals surface area contributed by atoms with Gasteiger partial charge in [0, 0.05) is 24.5 Å². The first-order valence-corrected chi connectivity index (χ1v) is 15.1. The normalized spacial score (nSPS) is 17.0. The van der Waals surface area contributed by atoms with Crippen molar-refractivity contribution in [2.24, 2.45) is 0 Å². The number of carbonyl (C=O) groups excluding carboxylic acids is 1. The summed E-state index contributed by atoms with van der Waals surface area (Å²) in [6, 6.07) is 13.7. The Bertz CT molecular complexity index is 1780. The number of anilines is 1. The second-order valence-corrected chi connectivity index (χ2v) is 11.8. The van der Waals surface area contributed by atoms with E-state index in [9.17, 15) is 36.4 Å². The number of nitrogens with zero attached hydrogens (tertiary/aromatic N) is 4. The Morgan fingerprint density at radius 1 is 1.02 bits per heavy atom. The number of nitriles is 1. The maximum absolute atomic E-state index is 14.0. The molecule has 1 amide bonds. The molecule has 47 heavy (non-hydrogen) atoms. The number of ether oxygens (including phenoxy) is 1. The fourth-order valence-corrected chi connectivity index (χ4v) is 5.72. The van der Waals surface area contributed by atoms with Crippen LogP contribution in [-0.4, -0.2) is 22.1 Å². The van der Waals surface area contributed by atoms with Gasteiger partial charge in [-0.15, -0.1) is 0 Å². The van der Waals surface area contributed by atoms with Gasteiger partial charge in [0.1, 0.15) is 12.4 Å². The van der Waals surface area contributed by atoms with E-state index >= 15 is 0 Å². The lowest BCUT2D eigenvalue weighted by molar-refractivity contribution is -0.138. The molecule has 1 unspecified atom stereocenters. The van der Waals surface area contributed by atoms with Crippen molar-refractivity contribution in [3.63, 3.8) is 0 Å². The molecule has 1 N–H and O–H groups in total. The van der Waals surface area contributed by atoms with Crippen LogP contribution in [0.4, 0.5) is 36.8 Å². The molecule has 5 rings (SSSR count). The number of nitrogens with one attached hydrogen (secondary N) is 1. The summed E-state index contributed by atoms with van der Waals surface area (Å²) in [4.78, 5) is 23.3. The molecule has 0 aliphatic carbocycles. The van der Waals surface area contributed by atoms with Crippen molar-refractivity contribution < 1.29 is 35.9 Å². The molecule has 1 aromatic heterocycles. The Kier molecular flexibility index (Phi) is 9.88. The summed E-state index contributed by atoms with van der Waals surface area (Å²) >= 11 is 3.23. The van der Waals surface area contributed by atoms with Crippen molar-refractivity contribution in [2.45, 2.75) is 56.9 Å². The molecular formula is C33H26BrF6N5O2. The Hall–Kier alpha value is -4.48. The predicted octanol–water partition coefficient (Wildman–Crippen LogP) is 8.89. The molecule has 0 spiro atoms. The molecule has 1 aliphatic rings. The Morgan fingerprint density at radius 3 is 2.32 bits per heavy atom. The molecule has 244 valence electrons. The molecule has 3 atom stereocenters. The van der Waals surface area contributed by atoms with Crippen LogP contribution in [0.5, 0.6) is 0 Å². The van der Waals surface area contributed by atoms with Gasteiger partial charge in [-0.2, -0.15) is 31.6 Å².